The molecule has 10 rings (SSSR count). The number of benzene rings is 9. The van der Waals surface area contributed by atoms with Crippen molar-refractivity contribution in [2.24, 2.45) is 0 Å². The normalized spacial score (nSPS) is 11.3. The van der Waals surface area contributed by atoms with Crippen LogP contribution in [-0.4, -0.2) is 0 Å². The van der Waals surface area contributed by atoms with Crippen molar-refractivity contribution in [2.45, 2.75) is 0 Å². The zero-order chi connectivity index (χ0) is 35.8. The van der Waals surface area contributed by atoms with Crippen molar-refractivity contribution in [2.75, 3.05) is 4.90 Å². The Kier molecular flexibility index (Phi) is 8.09. The van der Waals surface area contributed by atoms with E-state index < -0.39 is 0 Å². The molecule has 0 amide bonds. The van der Waals surface area contributed by atoms with Crippen LogP contribution in [0.2, 0.25) is 0 Å². The Hall–Kier alpha value is -6.74. The maximum absolute atomic E-state index is 2.41. The number of hydrogen-bond acceptors (Lipinski definition) is 2. The second-order valence-electron chi connectivity index (χ2n) is 13.7. The Bertz CT molecular complexity index is 2910. The highest BCUT2D eigenvalue weighted by molar-refractivity contribution is 7.26. The fourth-order valence-corrected chi connectivity index (χ4v) is 9.02. The molecule has 0 aliphatic heterocycles. The van der Waals surface area contributed by atoms with Gasteiger partial charge in [-0.05, 0) is 104 Å². The Morgan fingerprint density at radius 1 is 0.315 bits per heavy atom. The molecule has 0 N–H and O–H groups in total. The van der Waals surface area contributed by atoms with Crippen LogP contribution < -0.4 is 4.90 Å². The summed E-state index contributed by atoms with van der Waals surface area (Å²) >= 11 is 1.86. The van der Waals surface area contributed by atoms with Crippen molar-refractivity contribution in [1.82, 2.24) is 0 Å². The van der Waals surface area contributed by atoms with Gasteiger partial charge in [-0.2, -0.15) is 0 Å². The highest BCUT2D eigenvalue weighted by Gasteiger charge is 2.19. The maximum Gasteiger partial charge on any atom is 0.0554 e. The lowest BCUT2D eigenvalue weighted by Crippen LogP contribution is -2.10. The van der Waals surface area contributed by atoms with Crippen molar-refractivity contribution in [3.8, 4) is 44.5 Å². The molecule has 0 spiro atoms. The Morgan fingerprint density at radius 3 is 1.59 bits per heavy atom. The number of anilines is 3. The fourth-order valence-electron chi connectivity index (χ4n) is 7.89. The van der Waals surface area contributed by atoms with Crippen LogP contribution in [0.5, 0.6) is 0 Å². The van der Waals surface area contributed by atoms with Crippen LogP contribution in [-0.2, 0) is 0 Å². The summed E-state index contributed by atoms with van der Waals surface area (Å²) < 4.78 is 2.59. The molecule has 1 heterocycles. The minimum atomic E-state index is 1.12. The Morgan fingerprint density at radius 2 is 0.852 bits per heavy atom. The number of nitrogens with zero attached hydrogens (tertiary/aromatic N) is 1. The van der Waals surface area contributed by atoms with Gasteiger partial charge in [0, 0.05) is 31.5 Å². The van der Waals surface area contributed by atoms with Gasteiger partial charge in [-0.25, -0.2) is 0 Å². The molecule has 0 saturated carbocycles. The van der Waals surface area contributed by atoms with E-state index in [-0.39, 0.29) is 0 Å². The monoisotopic (exact) mass is 705 g/mol. The molecule has 1 nitrogen and oxygen atoms in total. The largest absolute Gasteiger partial charge is 0.310 e. The van der Waals surface area contributed by atoms with Crippen molar-refractivity contribution in [3.05, 3.63) is 212 Å². The molecule has 10 aromatic rings. The van der Waals surface area contributed by atoms with Gasteiger partial charge in [0.05, 0.1) is 5.69 Å². The summed E-state index contributed by atoms with van der Waals surface area (Å²) in [4.78, 5) is 2.41. The highest BCUT2D eigenvalue weighted by Crippen LogP contribution is 2.45. The molecular weight excluding hydrogens is 671 g/mol. The van der Waals surface area contributed by atoms with E-state index in [1.165, 1.54) is 81.1 Å². The maximum atomic E-state index is 2.41. The first-order chi connectivity index (χ1) is 26.8. The molecule has 0 radical (unpaired) electrons. The molecule has 0 saturated heterocycles. The minimum absolute atomic E-state index is 1.12. The molecule has 9 aromatic carbocycles. The second kappa shape index (κ2) is 13.7. The highest BCUT2D eigenvalue weighted by atomic mass is 32.1. The molecular formula is C52H35NS. The quantitative estimate of drug-likeness (QED) is 0.160. The predicted molar refractivity (Wildman–Crippen MR) is 233 cm³/mol. The van der Waals surface area contributed by atoms with Crippen LogP contribution in [0.15, 0.2) is 212 Å². The lowest BCUT2D eigenvalue weighted by atomic mass is 9.90. The SMILES string of the molecule is c1ccc(-c2ccc(N(c3ccc(-c4ccc5c(-c6ccccc6-c6ccccc6)cccc5c4)cc3)c3cccc4sc5ccccc5c34)cc2)cc1. The Labute approximate surface area is 319 Å². The van der Waals surface area contributed by atoms with E-state index in [2.05, 4.69) is 217 Å². The van der Waals surface area contributed by atoms with Gasteiger partial charge in [-0.3, -0.25) is 0 Å². The number of hydrogen-bond donors (Lipinski definition) is 0. The topological polar surface area (TPSA) is 3.24 Å². The van der Waals surface area contributed by atoms with E-state index in [1.807, 2.05) is 11.3 Å². The standard InChI is InChI=1S/C52H35NS/c1-3-13-36(14-4-1)37-25-30-42(31-26-37)53(49-22-12-24-51-52(49)48-20-9-10-23-50(48)54-51)43-32-27-38(28-33-43)40-29-34-45-41(35-40)17-11-21-47(45)46-19-8-7-18-44(46)39-15-5-2-6-16-39/h1-35H. The number of fused-ring (bicyclic) bond motifs is 4. The van der Waals surface area contributed by atoms with Crippen LogP contribution in [0.4, 0.5) is 17.1 Å². The first-order valence-corrected chi connectivity index (χ1v) is 19.2. The van der Waals surface area contributed by atoms with Crippen molar-refractivity contribution >= 4 is 59.3 Å². The lowest BCUT2D eigenvalue weighted by molar-refractivity contribution is 1.30. The van der Waals surface area contributed by atoms with Crippen LogP contribution in [0, 0.1) is 0 Å². The molecule has 254 valence electrons. The van der Waals surface area contributed by atoms with E-state index in [0.717, 1.165) is 11.4 Å². The minimum Gasteiger partial charge on any atom is -0.310 e. The van der Waals surface area contributed by atoms with Crippen molar-refractivity contribution < 1.29 is 0 Å². The third kappa shape index (κ3) is 5.74. The van der Waals surface area contributed by atoms with Crippen molar-refractivity contribution in [1.29, 1.82) is 0 Å². The zero-order valence-electron chi connectivity index (χ0n) is 29.6. The summed E-state index contributed by atoms with van der Waals surface area (Å²) in [6, 6.07) is 77.0. The molecule has 54 heavy (non-hydrogen) atoms. The van der Waals surface area contributed by atoms with E-state index in [1.54, 1.807) is 0 Å². The predicted octanol–water partition coefficient (Wildman–Crippen LogP) is 15.3. The van der Waals surface area contributed by atoms with Gasteiger partial charge in [0.2, 0.25) is 0 Å². The zero-order valence-corrected chi connectivity index (χ0v) is 30.4. The smallest absolute Gasteiger partial charge is 0.0554 e. The molecule has 0 bridgehead atoms. The summed E-state index contributed by atoms with van der Waals surface area (Å²) in [5.74, 6) is 0. The van der Waals surface area contributed by atoms with Gasteiger partial charge >= 0.3 is 0 Å². The third-order valence-corrected chi connectivity index (χ3v) is 11.6. The Balaban J connectivity index is 1.05. The van der Waals surface area contributed by atoms with Gasteiger partial charge in [-0.15, -0.1) is 11.3 Å². The van der Waals surface area contributed by atoms with Gasteiger partial charge < -0.3 is 4.90 Å². The van der Waals surface area contributed by atoms with E-state index in [0.29, 0.717) is 0 Å². The van der Waals surface area contributed by atoms with E-state index in [9.17, 15) is 0 Å². The van der Waals surface area contributed by atoms with E-state index in [4.69, 9.17) is 0 Å². The summed E-state index contributed by atoms with van der Waals surface area (Å²) in [5, 5.41) is 5.06. The van der Waals surface area contributed by atoms with Crippen LogP contribution >= 0.6 is 11.3 Å². The molecule has 0 atom stereocenters. The van der Waals surface area contributed by atoms with Gasteiger partial charge in [0.1, 0.15) is 0 Å². The first-order valence-electron chi connectivity index (χ1n) is 18.4. The van der Waals surface area contributed by atoms with E-state index >= 15 is 0 Å². The van der Waals surface area contributed by atoms with Gasteiger partial charge in [0.15, 0.2) is 0 Å². The molecule has 0 aliphatic carbocycles. The summed E-state index contributed by atoms with van der Waals surface area (Å²) in [7, 11) is 0. The average Bonchev–Trinajstić information content (AvgIpc) is 3.64. The summed E-state index contributed by atoms with van der Waals surface area (Å²) in [6.45, 7) is 0. The third-order valence-electron chi connectivity index (χ3n) is 10.5. The molecule has 0 fully saturated rings. The molecule has 2 heteroatoms. The second-order valence-corrected chi connectivity index (χ2v) is 14.8. The summed E-state index contributed by atoms with van der Waals surface area (Å²) in [5.41, 5.74) is 13.2. The lowest BCUT2D eigenvalue weighted by Gasteiger charge is -2.27. The fraction of sp³-hybridized carbons (Fsp3) is 0. The number of thiophene rings is 1. The average molecular weight is 706 g/mol. The molecule has 1 aromatic heterocycles. The van der Waals surface area contributed by atoms with Crippen LogP contribution in [0.1, 0.15) is 0 Å². The van der Waals surface area contributed by atoms with Gasteiger partial charge in [-0.1, -0.05) is 164 Å². The van der Waals surface area contributed by atoms with Gasteiger partial charge in [0.25, 0.3) is 0 Å². The molecule has 0 aliphatic rings. The molecule has 0 unspecified atom stereocenters. The van der Waals surface area contributed by atoms with Crippen LogP contribution in [0.3, 0.4) is 0 Å². The van der Waals surface area contributed by atoms with Crippen molar-refractivity contribution in [3.63, 3.8) is 0 Å². The number of rotatable bonds is 7. The van der Waals surface area contributed by atoms with Crippen LogP contribution in [0.25, 0.3) is 75.5 Å². The first kappa shape index (κ1) is 32.0. The summed E-state index contributed by atoms with van der Waals surface area (Å²) in [6.07, 6.45) is 0.